The van der Waals surface area contributed by atoms with E-state index in [2.05, 4.69) is 21.3 Å². The molecular weight excluding hydrogens is 578 g/mol. The molecule has 0 aliphatic carbocycles. The molecule has 3 aromatic carbocycles. The van der Waals surface area contributed by atoms with E-state index < -0.39 is 53.8 Å². The molecule has 0 aliphatic heterocycles. The molecule has 0 fully saturated rings. The second-order valence-electron chi connectivity index (χ2n) is 10.5. The molecule has 3 aromatic rings. The van der Waals surface area contributed by atoms with Gasteiger partial charge in [-0.2, -0.15) is 0 Å². The van der Waals surface area contributed by atoms with E-state index in [4.69, 9.17) is 10.5 Å². The Hall–Kier alpha value is -5.23. The molecule has 0 bridgehead atoms. The van der Waals surface area contributed by atoms with Gasteiger partial charge in [0.15, 0.2) is 0 Å². The van der Waals surface area contributed by atoms with Gasteiger partial charge in [-0.25, -0.2) is 4.79 Å². The van der Waals surface area contributed by atoms with Gasteiger partial charge in [-0.1, -0.05) is 72.8 Å². The highest BCUT2D eigenvalue weighted by Crippen LogP contribution is 2.13. The Balaban J connectivity index is 1.88. The van der Waals surface area contributed by atoms with E-state index in [-0.39, 0.29) is 31.6 Å². The SMILES string of the molecule is COC(=O)[C@H](C)NC(=O)[C@H](Cc1ccc(O)cc1)NC(=O)[C@H](Cc1ccccc1)NC(=O)[C@H](Cc1ccccc1)NC(=O)CN. The second kappa shape index (κ2) is 17.2. The monoisotopic (exact) mass is 617 g/mol. The van der Waals surface area contributed by atoms with Crippen LogP contribution in [0.4, 0.5) is 0 Å². The average molecular weight is 618 g/mol. The Morgan fingerprint density at radius 3 is 1.47 bits per heavy atom. The van der Waals surface area contributed by atoms with Gasteiger partial charge in [0.1, 0.15) is 29.9 Å². The number of benzene rings is 3. The lowest BCUT2D eigenvalue weighted by Gasteiger charge is -2.26. The first-order valence-corrected chi connectivity index (χ1v) is 14.4. The van der Waals surface area contributed by atoms with Crippen LogP contribution < -0.4 is 27.0 Å². The van der Waals surface area contributed by atoms with Crippen molar-refractivity contribution in [1.82, 2.24) is 21.3 Å². The molecule has 0 spiro atoms. The van der Waals surface area contributed by atoms with E-state index >= 15 is 0 Å². The molecule has 4 atom stereocenters. The molecule has 0 aromatic heterocycles. The lowest BCUT2D eigenvalue weighted by Crippen LogP contribution is -2.59. The predicted molar refractivity (Wildman–Crippen MR) is 167 cm³/mol. The number of nitrogens with one attached hydrogen (secondary N) is 4. The van der Waals surface area contributed by atoms with Crippen LogP contribution >= 0.6 is 0 Å². The van der Waals surface area contributed by atoms with E-state index in [0.717, 1.165) is 11.1 Å². The van der Waals surface area contributed by atoms with Crippen LogP contribution in [0.25, 0.3) is 0 Å². The van der Waals surface area contributed by atoms with Crippen LogP contribution in [0.2, 0.25) is 0 Å². The number of esters is 1. The van der Waals surface area contributed by atoms with Gasteiger partial charge in [0.2, 0.25) is 23.6 Å². The van der Waals surface area contributed by atoms with Crippen LogP contribution in [0.15, 0.2) is 84.9 Å². The highest BCUT2D eigenvalue weighted by Gasteiger charge is 2.31. The summed E-state index contributed by atoms with van der Waals surface area (Å²) in [6.45, 7) is 1.12. The van der Waals surface area contributed by atoms with Crippen LogP contribution in [0.1, 0.15) is 23.6 Å². The summed E-state index contributed by atoms with van der Waals surface area (Å²) in [5.41, 5.74) is 7.63. The predicted octanol–water partition coefficient (Wildman–Crippen LogP) is 0.511. The number of carbonyl (C=O) groups excluding carboxylic acids is 5. The summed E-state index contributed by atoms with van der Waals surface area (Å²) in [5.74, 6) is -3.12. The molecule has 45 heavy (non-hydrogen) atoms. The summed E-state index contributed by atoms with van der Waals surface area (Å²) in [5, 5.41) is 20.3. The number of methoxy groups -OCH3 is 1. The van der Waals surface area contributed by atoms with Crippen LogP contribution in [0.3, 0.4) is 0 Å². The first-order chi connectivity index (χ1) is 21.6. The van der Waals surface area contributed by atoms with Gasteiger partial charge in [-0.3, -0.25) is 19.2 Å². The molecule has 4 amide bonds. The van der Waals surface area contributed by atoms with Gasteiger partial charge >= 0.3 is 5.97 Å². The summed E-state index contributed by atoms with van der Waals surface area (Å²) in [6, 6.07) is 19.8. The highest BCUT2D eigenvalue weighted by molar-refractivity contribution is 5.95. The summed E-state index contributed by atoms with van der Waals surface area (Å²) in [7, 11) is 1.19. The van der Waals surface area contributed by atoms with Crippen molar-refractivity contribution < 1.29 is 33.8 Å². The van der Waals surface area contributed by atoms with Gasteiger partial charge in [0.05, 0.1) is 13.7 Å². The molecule has 0 heterocycles. The van der Waals surface area contributed by atoms with Gasteiger partial charge in [0.25, 0.3) is 0 Å². The Morgan fingerprint density at radius 2 is 1.04 bits per heavy atom. The van der Waals surface area contributed by atoms with Gasteiger partial charge < -0.3 is 36.8 Å². The number of hydrogen-bond donors (Lipinski definition) is 6. The highest BCUT2D eigenvalue weighted by atomic mass is 16.5. The molecule has 0 aliphatic rings. The van der Waals surface area contributed by atoms with Gasteiger partial charge in [-0.05, 0) is 35.7 Å². The van der Waals surface area contributed by atoms with Crippen LogP contribution in [-0.2, 0) is 48.0 Å². The molecule has 0 unspecified atom stereocenters. The standard InChI is InChI=1S/C33H39N5O7/c1-21(33(44)45-2)35-30(41)27(19-24-13-15-25(39)16-14-24)37-32(43)28(18-23-11-7-4-8-12-23)38-31(42)26(36-29(40)20-34)17-22-9-5-3-6-10-22/h3-16,21,26-28,39H,17-20,34H2,1-2H3,(H,35,41)(H,36,40)(H,37,43)(H,38,42)/t21-,26-,27-,28-/m0/s1. The minimum absolute atomic E-state index is 0.0148. The average Bonchev–Trinajstić information content (AvgIpc) is 3.05. The molecule has 12 heteroatoms. The maximum atomic E-state index is 13.8. The van der Waals surface area contributed by atoms with Crippen molar-refractivity contribution in [2.45, 2.75) is 50.4 Å². The third-order valence-corrected chi connectivity index (χ3v) is 6.96. The Labute approximate surface area is 261 Å². The Kier molecular flexibility index (Phi) is 13.1. The number of rotatable bonds is 15. The molecule has 7 N–H and O–H groups in total. The smallest absolute Gasteiger partial charge is 0.328 e. The van der Waals surface area contributed by atoms with E-state index in [9.17, 15) is 29.1 Å². The number of amides is 4. The van der Waals surface area contributed by atoms with E-state index in [0.29, 0.717) is 5.56 Å². The van der Waals surface area contributed by atoms with E-state index in [1.54, 1.807) is 48.5 Å². The zero-order valence-electron chi connectivity index (χ0n) is 25.2. The first-order valence-electron chi connectivity index (χ1n) is 14.4. The van der Waals surface area contributed by atoms with E-state index in [1.807, 2.05) is 24.3 Å². The van der Waals surface area contributed by atoms with Crippen molar-refractivity contribution in [1.29, 1.82) is 0 Å². The molecule has 238 valence electrons. The van der Waals surface area contributed by atoms with Crippen molar-refractivity contribution in [3.63, 3.8) is 0 Å². The quantitative estimate of drug-likeness (QED) is 0.133. The number of aromatic hydroxyl groups is 1. The lowest BCUT2D eigenvalue weighted by atomic mass is 10.0. The summed E-state index contributed by atoms with van der Waals surface area (Å²) < 4.78 is 4.70. The summed E-state index contributed by atoms with van der Waals surface area (Å²) in [6.07, 6.45) is 0.240. The molecule has 0 radical (unpaired) electrons. The number of phenols is 1. The maximum absolute atomic E-state index is 13.8. The minimum atomic E-state index is -1.17. The van der Waals surface area contributed by atoms with Crippen molar-refractivity contribution in [2.24, 2.45) is 5.73 Å². The third-order valence-electron chi connectivity index (χ3n) is 6.96. The van der Waals surface area contributed by atoms with Crippen molar-refractivity contribution in [2.75, 3.05) is 13.7 Å². The van der Waals surface area contributed by atoms with Gasteiger partial charge in [-0.15, -0.1) is 0 Å². The second-order valence-corrected chi connectivity index (χ2v) is 10.5. The largest absolute Gasteiger partial charge is 0.508 e. The normalized spacial score (nSPS) is 13.3. The zero-order chi connectivity index (χ0) is 32.8. The number of carbonyl (C=O) groups is 5. The number of ether oxygens (including phenoxy) is 1. The molecule has 0 saturated heterocycles. The van der Waals surface area contributed by atoms with Crippen molar-refractivity contribution >= 4 is 29.6 Å². The van der Waals surface area contributed by atoms with Crippen LogP contribution in [0.5, 0.6) is 5.75 Å². The first kappa shape index (κ1) is 34.3. The van der Waals surface area contributed by atoms with Crippen LogP contribution in [-0.4, -0.2) is 72.5 Å². The van der Waals surface area contributed by atoms with Crippen LogP contribution in [0, 0.1) is 0 Å². The molecular formula is C33H39N5O7. The minimum Gasteiger partial charge on any atom is -0.508 e. The fourth-order valence-corrected chi connectivity index (χ4v) is 4.54. The third kappa shape index (κ3) is 11.1. The number of hydrogen-bond acceptors (Lipinski definition) is 8. The topological polar surface area (TPSA) is 189 Å². The van der Waals surface area contributed by atoms with E-state index in [1.165, 1.54) is 26.2 Å². The molecule has 12 nitrogen and oxygen atoms in total. The fourth-order valence-electron chi connectivity index (χ4n) is 4.54. The van der Waals surface area contributed by atoms with Crippen molar-refractivity contribution in [3.05, 3.63) is 102 Å². The Bertz CT molecular complexity index is 1430. The molecule has 0 saturated carbocycles. The van der Waals surface area contributed by atoms with Crippen molar-refractivity contribution in [3.8, 4) is 5.75 Å². The summed E-state index contributed by atoms with van der Waals surface area (Å²) in [4.78, 5) is 64.9. The lowest BCUT2D eigenvalue weighted by molar-refractivity contribution is -0.144. The summed E-state index contributed by atoms with van der Waals surface area (Å²) >= 11 is 0. The number of nitrogens with two attached hydrogens (primary N) is 1. The fraction of sp³-hybridized carbons (Fsp3) is 0.303. The van der Waals surface area contributed by atoms with Gasteiger partial charge in [0, 0.05) is 19.3 Å². The number of phenolic OH excluding ortho intramolecular Hbond substituents is 1. The molecule has 3 rings (SSSR count). The maximum Gasteiger partial charge on any atom is 0.328 e. The zero-order valence-corrected chi connectivity index (χ0v) is 25.2. The Morgan fingerprint density at radius 1 is 0.644 bits per heavy atom.